The van der Waals surface area contributed by atoms with Crippen molar-refractivity contribution >= 4 is 21.8 Å². The molecule has 0 fully saturated rings. The highest BCUT2D eigenvalue weighted by Gasteiger charge is 2.07. The second kappa shape index (κ2) is 5.88. The van der Waals surface area contributed by atoms with Crippen molar-refractivity contribution in [1.82, 2.24) is 5.32 Å². The van der Waals surface area contributed by atoms with Gasteiger partial charge < -0.3 is 10.4 Å². The van der Waals surface area contributed by atoms with E-state index < -0.39 is 0 Å². The van der Waals surface area contributed by atoms with E-state index in [4.69, 9.17) is 5.11 Å². The first kappa shape index (κ1) is 12.2. The number of amides is 1. The summed E-state index contributed by atoms with van der Waals surface area (Å²) in [6.45, 7) is 2.29. The molecule has 3 nitrogen and oxygen atoms in total. The monoisotopic (exact) mass is 271 g/mol. The Morgan fingerprint density at radius 2 is 2.20 bits per heavy atom. The molecule has 1 aromatic rings. The van der Waals surface area contributed by atoms with Crippen molar-refractivity contribution in [3.63, 3.8) is 0 Å². The average molecular weight is 272 g/mol. The molecular formula is C11H14BrNO2. The normalized spacial score (nSPS) is 12.2. The molecule has 0 aliphatic heterocycles. The quantitative estimate of drug-likeness (QED) is 0.817. The summed E-state index contributed by atoms with van der Waals surface area (Å²) >= 11 is 3.19. The molecule has 4 heteroatoms. The highest BCUT2D eigenvalue weighted by Crippen LogP contribution is 2.05. The standard InChI is InChI=1S/C11H14BrNO2/c1-8(12)11(15)13-6-9-3-2-4-10(5-9)7-14/h2-5,8,14H,6-7H2,1H3,(H,13,15). The molecule has 1 unspecified atom stereocenters. The van der Waals surface area contributed by atoms with E-state index in [1.165, 1.54) is 0 Å². The van der Waals surface area contributed by atoms with Crippen LogP contribution in [0, 0.1) is 0 Å². The van der Waals surface area contributed by atoms with Crippen LogP contribution in [0.15, 0.2) is 24.3 Å². The Hall–Kier alpha value is -0.870. The van der Waals surface area contributed by atoms with Crippen LogP contribution < -0.4 is 5.32 Å². The van der Waals surface area contributed by atoms with Gasteiger partial charge in [0, 0.05) is 6.54 Å². The minimum atomic E-state index is -0.182. The van der Waals surface area contributed by atoms with Crippen LogP contribution in [0.2, 0.25) is 0 Å². The van der Waals surface area contributed by atoms with Gasteiger partial charge in [-0.3, -0.25) is 4.79 Å². The zero-order valence-corrected chi connectivity index (χ0v) is 10.1. The Bertz CT molecular complexity index is 339. The molecule has 0 aromatic heterocycles. The zero-order chi connectivity index (χ0) is 11.3. The van der Waals surface area contributed by atoms with Crippen LogP contribution in [0.3, 0.4) is 0 Å². The molecule has 2 N–H and O–H groups in total. The van der Waals surface area contributed by atoms with E-state index in [0.717, 1.165) is 11.1 Å². The maximum absolute atomic E-state index is 11.3. The Labute approximate surface area is 97.6 Å². The minimum Gasteiger partial charge on any atom is -0.392 e. The molecule has 1 atom stereocenters. The van der Waals surface area contributed by atoms with Gasteiger partial charge in [0.25, 0.3) is 0 Å². The van der Waals surface area contributed by atoms with Crippen LogP contribution >= 0.6 is 15.9 Å². The fourth-order valence-corrected chi connectivity index (χ4v) is 1.33. The van der Waals surface area contributed by atoms with Gasteiger partial charge >= 0.3 is 0 Å². The first-order valence-electron chi connectivity index (χ1n) is 4.74. The molecule has 0 saturated carbocycles. The fraction of sp³-hybridized carbons (Fsp3) is 0.364. The molecule has 0 aliphatic carbocycles. The number of nitrogens with one attached hydrogen (secondary N) is 1. The van der Waals surface area contributed by atoms with Crippen molar-refractivity contribution in [2.75, 3.05) is 0 Å². The number of halogens is 1. The van der Waals surface area contributed by atoms with Crippen molar-refractivity contribution < 1.29 is 9.90 Å². The number of hydrogen-bond acceptors (Lipinski definition) is 2. The molecule has 82 valence electrons. The average Bonchev–Trinajstić information content (AvgIpc) is 2.26. The highest BCUT2D eigenvalue weighted by molar-refractivity contribution is 9.10. The number of aliphatic hydroxyl groups excluding tert-OH is 1. The minimum absolute atomic E-state index is 0.0244. The summed E-state index contributed by atoms with van der Waals surface area (Å²) in [5, 5.41) is 11.7. The predicted molar refractivity (Wildman–Crippen MR) is 62.6 cm³/mol. The lowest BCUT2D eigenvalue weighted by molar-refractivity contribution is -0.120. The van der Waals surface area contributed by atoms with Crippen LogP contribution in [0.4, 0.5) is 0 Å². The van der Waals surface area contributed by atoms with E-state index in [1.807, 2.05) is 24.3 Å². The predicted octanol–water partition coefficient (Wildman–Crippen LogP) is 1.58. The summed E-state index contributed by atoms with van der Waals surface area (Å²) in [6.07, 6.45) is 0. The number of rotatable bonds is 4. The van der Waals surface area contributed by atoms with Crippen molar-refractivity contribution in [3.05, 3.63) is 35.4 Å². The maximum Gasteiger partial charge on any atom is 0.233 e. The van der Waals surface area contributed by atoms with Crippen LogP contribution in [-0.2, 0) is 17.9 Å². The third kappa shape index (κ3) is 4.01. The second-order valence-electron chi connectivity index (χ2n) is 3.31. The van der Waals surface area contributed by atoms with Gasteiger partial charge in [0.2, 0.25) is 5.91 Å². The molecule has 0 radical (unpaired) electrons. The highest BCUT2D eigenvalue weighted by atomic mass is 79.9. The molecule has 15 heavy (non-hydrogen) atoms. The number of carbonyl (C=O) groups is 1. The lowest BCUT2D eigenvalue weighted by Gasteiger charge is -2.07. The Morgan fingerprint density at radius 1 is 1.53 bits per heavy atom. The van der Waals surface area contributed by atoms with Crippen LogP contribution in [-0.4, -0.2) is 15.8 Å². The topological polar surface area (TPSA) is 49.3 Å². The number of aliphatic hydroxyl groups is 1. The lowest BCUT2D eigenvalue weighted by Crippen LogP contribution is -2.28. The number of hydrogen-bond donors (Lipinski definition) is 2. The fourth-order valence-electron chi connectivity index (χ4n) is 1.17. The first-order valence-corrected chi connectivity index (χ1v) is 5.65. The summed E-state index contributed by atoms with van der Waals surface area (Å²) in [7, 11) is 0. The SMILES string of the molecule is CC(Br)C(=O)NCc1cccc(CO)c1. The van der Waals surface area contributed by atoms with Crippen molar-refractivity contribution in [2.24, 2.45) is 0 Å². The first-order chi connectivity index (χ1) is 7.13. The summed E-state index contributed by atoms with van der Waals surface area (Å²) in [4.78, 5) is 11.1. The molecule has 0 bridgehead atoms. The molecule has 1 aromatic carbocycles. The van der Waals surface area contributed by atoms with Gasteiger partial charge in [-0.2, -0.15) is 0 Å². The zero-order valence-electron chi connectivity index (χ0n) is 8.53. The van der Waals surface area contributed by atoms with E-state index in [2.05, 4.69) is 21.2 Å². The molecule has 1 rings (SSSR count). The Kier molecular flexibility index (Phi) is 4.78. The number of carbonyl (C=O) groups excluding carboxylic acids is 1. The third-order valence-electron chi connectivity index (χ3n) is 2.00. The van der Waals surface area contributed by atoms with Crippen LogP contribution in [0.1, 0.15) is 18.1 Å². The number of benzene rings is 1. The van der Waals surface area contributed by atoms with E-state index >= 15 is 0 Å². The van der Waals surface area contributed by atoms with Gasteiger partial charge in [-0.1, -0.05) is 40.2 Å². The molecule has 0 saturated heterocycles. The smallest absolute Gasteiger partial charge is 0.233 e. The summed E-state index contributed by atoms with van der Waals surface area (Å²) < 4.78 is 0. The van der Waals surface area contributed by atoms with Gasteiger partial charge in [-0.15, -0.1) is 0 Å². The molecule has 0 heterocycles. The second-order valence-corrected chi connectivity index (χ2v) is 4.69. The van der Waals surface area contributed by atoms with Gasteiger partial charge in [-0.25, -0.2) is 0 Å². The van der Waals surface area contributed by atoms with Crippen molar-refractivity contribution in [2.45, 2.75) is 24.9 Å². The van der Waals surface area contributed by atoms with Crippen LogP contribution in [0.25, 0.3) is 0 Å². The molecule has 1 amide bonds. The largest absolute Gasteiger partial charge is 0.392 e. The van der Waals surface area contributed by atoms with E-state index in [-0.39, 0.29) is 17.3 Å². The molecule has 0 aliphatic rings. The van der Waals surface area contributed by atoms with Crippen molar-refractivity contribution in [3.8, 4) is 0 Å². The van der Waals surface area contributed by atoms with Gasteiger partial charge in [0.05, 0.1) is 11.4 Å². The summed E-state index contributed by atoms with van der Waals surface area (Å²) in [5.41, 5.74) is 1.84. The van der Waals surface area contributed by atoms with Crippen LogP contribution in [0.5, 0.6) is 0 Å². The Morgan fingerprint density at radius 3 is 2.80 bits per heavy atom. The van der Waals surface area contributed by atoms with E-state index in [1.54, 1.807) is 6.92 Å². The third-order valence-corrected chi connectivity index (χ3v) is 2.42. The van der Waals surface area contributed by atoms with Crippen molar-refractivity contribution in [1.29, 1.82) is 0 Å². The lowest BCUT2D eigenvalue weighted by atomic mass is 10.1. The molecule has 0 spiro atoms. The summed E-state index contributed by atoms with van der Waals surface area (Å²) in [5.74, 6) is -0.0376. The van der Waals surface area contributed by atoms with E-state index in [9.17, 15) is 4.79 Å². The maximum atomic E-state index is 11.3. The van der Waals surface area contributed by atoms with E-state index in [0.29, 0.717) is 6.54 Å². The number of alkyl halides is 1. The van der Waals surface area contributed by atoms with Gasteiger partial charge in [0.15, 0.2) is 0 Å². The summed E-state index contributed by atoms with van der Waals surface area (Å²) in [6, 6.07) is 7.50. The Balaban J connectivity index is 2.54. The molecular weight excluding hydrogens is 258 g/mol. The van der Waals surface area contributed by atoms with Gasteiger partial charge in [0.1, 0.15) is 0 Å². The van der Waals surface area contributed by atoms with Gasteiger partial charge in [-0.05, 0) is 18.1 Å².